The quantitative estimate of drug-likeness (QED) is 0.311. The SMILES string of the molecule is CCOc1cccc(/C(O)=C2\C(=O)C(=O)N(c3ccc4c(c3)OCCO4)C2c2ccc(OC)cc2)c1. The highest BCUT2D eigenvalue weighted by Gasteiger charge is 2.47. The van der Waals surface area contributed by atoms with E-state index in [1.54, 1.807) is 73.8 Å². The van der Waals surface area contributed by atoms with Gasteiger partial charge in [-0.15, -0.1) is 0 Å². The summed E-state index contributed by atoms with van der Waals surface area (Å²) in [4.78, 5) is 28.2. The van der Waals surface area contributed by atoms with Gasteiger partial charge in [-0.1, -0.05) is 24.3 Å². The van der Waals surface area contributed by atoms with E-state index >= 15 is 0 Å². The van der Waals surface area contributed by atoms with Crippen molar-refractivity contribution in [3.05, 3.63) is 83.4 Å². The number of nitrogens with zero attached hydrogens (tertiary/aromatic N) is 1. The minimum absolute atomic E-state index is 0.0197. The number of carbonyl (C=O) groups excluding carboxylic acids is 2. The Kier molecular flexibility index (Phi) is 6.25. The molecule has 0 spiro atoms. The van der Waals surface area contributed by atoms with Crippen molar-refractivity contribution < 1.29 is 33.6 Å². The zero-order valence-corrected chi connectivity index (χ0v) is 19.9. The van der Waals surface area contributed by atoms with Crippen molar-refractivity contribution >= 4 is 23.1 Å². The maximum atomic E-state index is 13.4. The number of methoxy groups -OCH3 is 1. The van der Waals surface area contributed by atoms with Gasteiger partial charge in [-0.2, -0.15) is 0 Å². The summed E-state index contributed by atoms with van der Waals surface area (Å²) in [5, 5.41) is 11.3. The van der Waals surface area contributed by atoms with E-state index in [4.69, 9.17) is 18.9 Å². The fraction of sp³-hybridized carbons (Fsp3) is 0.214. The maximum Gasteiger partial charge on any atom is 0.300 e. The summed E-state index contributed by atoms with van der Waals surface area (Å²) in [6, 6.07) is 18.0. The van der Waals surface area contributed by atoms with Crippen LogP contribution < -0.4 is 23.8 Å². The molecule has 0 aromatic heterocycles. The Morgan fingerprint density at radius 1 is 0.972 bits per heavy atom. The molecule has 0 saturated carbocycles. The van der Waals surface area contributed by atoms with Crippen LogP contribution in [0.2, 0.25) is 0 Å². The number of rotatable bonds is 6. The van der Waals surface area contributed by atoms with E-state index < -0.39 is 17.7 Å². The molecule has 8 nitrogen and oxygen atoms in total. The van der Waals surface area contributed by atoms with E-state index in [1.807, 2.05) is 6.92 Å². The van der Waals surface area contributed by atoms with Gasteiger partial charge < -0.3 is 24.1 Å². The molecule has 1 atom stereocenters. The zero-order valence-electron chi connectivity index (χ0n) is 19.9. The van der Waals surface area contributed by atoms with Gasteiger partial charge in [0.15, 0.2) is 11.5 Å². The fourth-order valence-corrected chi connectivity index (χ4v) is 4.44. The van der Waals surface area contributed by atoms with Crippen LogP contribution in [0.25, 0.3) is 5.76 Å². The first-order chi connectivity index (χ1) is 17.5. The van der Waals surface area contributed by atoms with Crippen molar-refractivity contribution in [2.45, 2.75) is 13.0 Å². The second-order valence-corrected chi connectivity index (χ2v) is 8.23. The number of ketones is 1. The number of benzene rings is 3. The summed E-state index contributed by atoms with van der Waals surface area (Å²) in [6.45, 7) is 3.12. The van der Waals surface area contributed by atoms with E-state index in [2.05, 4.69) is 0 Å². The number of aliphatic hydroxyl groups is 1. The molecule has 2 aliphatic heterocycles. The minimum atomic E-state index is -0.880. The van der Waals surface area contributed by atoms with Gasteiger partial charge in [0, 0.05) is 17.3 Å². The lowest BCUT2D eigenvalue weighted by Crippen LogP contribution is -2.29. The average Bonchev–Trinajstić information content (AvgIpc) is 3.18. The van der Waals surface area contributed by atoms with Crippen molar-refractivity contribution in [2.24, 2.45) is 0 Å². The number of carbonyl (C=O) groups is 2. The van der Waals surface area contributed by atoms with Crippen molar-refractivity contribution in [3.8, 4) is 23.0 Å². The number of anilines is 1. The van der Waals surface area contributed by atoms with E-state index in [1.165, 1.54) is 4.90 Å². The minimum Gasteiger partial charge on any atom is -0.507 e. The summed E-state index contributed by atoms with van der Waals surface area (Å²) in [5.74, 6) is 0.396. The van der Waals surface area contributed by atoms with Crippen LogP contribution in [0, 0.1) is 0 Å². The Hall–Kier alpha value is -4.46. The van der Waals surface area contributed by atoms with Crippen LogP contribution in [-0.4, -0.2) is 43.7 Å². The predicted molar refractivity (Wildman–Crippen MR) is 133 cm³/mol. The maximum absolute atomic E-state index is 13.4. The van der Waals surface area contributed by atoms with Gasteiger partial charge in [-0.25, -0.2) is 0 Å². The molecule has 5 rings (SSSR count). The van der Waals surface area contributed by atoms with Crippen LogP contribution in [0.1, 0.15) is 24.1 Å². The number of amides is 1. The molecule has 0 aliphatic carbocycles. The highest BCUT2D eigenvalue weighted by molar-refractivity contribution is 6.51. The molecule has 1 N–H and O–H groups in total. The number of Topliss-reactive ketones (excluding diaryl/α,β-unsaturated/α-hetero) is 1. The smallest absolute Gasteiger partial charge is 0.300 e. The number of aliphatic hydroxyl groups excluding tert-OH is 1. The third-order valence-electron chi connectivity index (χ3n) is 6.10. The second kappa shape index (κ2) is 9.65. The van der Waals surface area contributed by atoms with Crippen molar-refractivity contribution in [2.75, 3.05) is 31.8 Å². The van der Waals surface area contributed by atoms with Crippen LogP contribution in [0.15, 0.2) is 72.3 Å². The monoisotopic (exact) mass is 487 g/mol. The third-order valence-corrected chi connectivity index (χ3v) is 6.10. The number of ether oxygens (including phenoxy) is 4. The van der Waals surface area contributed by atoms with Crippen LogP contribution >= 0.6 is 0 Å². The van der Waals surface area contributed by atoms with Gasteiger partial charge in [-0.3, -0.25) is 14.5 Å². The summed E-state index contributed by atoms with van der Waals surface area (Å²) >= 11 is 0. The molecule has 3 aromatic carbocycles. The largest absolute Gasteiger partial charge is 0.507 e. The zero-order chi connectivity index (χ0) is 25.2. The summed E-state index contributed by atoms with van der Waals surface area (Å²) < 4.78 is 22.1. The van der Waals surface area contributed by atoms with Gasteiger partial charge in [0.25, 0.3) is 11.7 Å². The molecule has 3 aromatic rings. The van der Waals surface area contributed by atoms with Crippen LogP contribution in [-0.2, 0) is 9.59 Å². The molecule has 2 heterocycles. The van der Waals surface area contributed by atoms with Gasteiger partial charge in [-0.05, 0) is 48.9 Å². The highest BCUT2D eigenvalue weighted by atomic mass is 16.6. The normalized spacial score (nSPS) is 18.3. The summed E-state index contributed by atoms with van der Waals surface area (Å²) in [5.41, 5.74) is 1.44. The van der Waals surface area contributed by atoms with Crippen LogP contribution in [0.5, 0.6) is 23.0 Å². The molecule has 0 bridgehead atoms. The number of hydrogen-bond donors (Lipinski definition) is 1. The molecule has 0 radical (unpaired) electrons. The molecular formula is C28H25NO7. The van der Waals surface area contributed by atoms with Gasteiger partial charge in [0.2, 0.25) is 0 Å². The first-order valence-corrected chi connectivity index (χ1v) is 11.6. The predicted octanol–water partition coefficient (Wildman–Crippen LogP) is 4.49. The molecule has 8 heteroatoms. The van der Waals surface area contributed by atoms with Gasteiger partial charge in [0.05, 0.1) is 25.3 Å². The van der Waals surface area contributed by atoms with E-state index in [0.29, 0.717) is 59.6 Å². The lowest BCUT2D eigenvalue weighted by Gasteiger charge is -2.27. The van der Waals surface area contributed by atoms with Gasteiger partial charge in [0.1, 0.15) is 30.5 Å². The summed E-state index contributed by atoms with van der Waals surface area (Å²) in [7, 11) is 1.56. The Balaban J connectivity index is 1.67. The summed E-state index contributed by atoms with van der Waals surface area (Å²) in [6.07, 6.45) is 0. The topological polar surface area (TPSA) is 94.5 Å². The molecule has 36 heavy (non-hydrogen) atoms. The first kappa shape index (κ1) is 23.3. The number of fused-ring (bicyclic) bond motifs is 1. The molecule has 1 amide bonds. The standard InChI is InChI=1S/C28H25NO7/c1-3-34-21-6-4-5-18(15-21)26(30)24-25(17-7-10-20(33-2)11-8-17)29(28(32)27(24)31)19-9-12-22-23(16-19)36-14-13-35-22/h4-12,15-16,25,30H,3,13-14H2,1-2H3/b26-24+. The molecule has 1 fully saturated rings. The van der Waals surface area contributed by atoms with Crippen molar-refractivity contribution in [1.29, 1.82) is 0 Å². The molecule has 1 saturated heterocycles. The first-order valence-electron chi connectivity index (χ1n) is 11.6. The third kappa shape index (κ3) is 4.11. The van der Waals surface area contributed by atoms with Crippen molar-refractivity contribution in [1.82, 2.24) is 0 Å². The van der Waals surface area contributed by atoms with Crippen molar-refractivity contribution in [3.63, 3.8) is 0 Å². The Bertz CT molecular complexity index is 1350. The molecule has 184 valence electrons. The number of hydrogen-bond acceptors (Lipinski definition) is 7. The van der Waals surface area contributed by atoms with E-state index in [0.717, 1.165) is 0 Å². The van der Waals surface area contributed by atoms with Crippen LogP contribution in [0.4, 0.5) is 5.69 Å². The molecular weight excluding hydrogens is 462 g/mol. The molecule has 1 unspecified atom stereocenters. The van der Waals surface area contributed by atoms with E-state index in [-0.39, 0.29) is 11.3 Å². The Morgan fingerprint density at radius 3 is 2.44 bits per heavy atom. The fourth-order valence-electron chi connectivity index (χ4n) is 4.44. The van der Waals surface area contributed by atoms with E-state index in [9.17, 15) is 14.7 Å². The second-order valence-electron chi connectivity index (χ2n) is 8.23. The molecule has 2 aliphatic rings. The van der Waals surface area contributed by atoms with Gasteiger partial charge >= 0.3 is 0 Å². The Labute approximate surface area is 208 Å². The average molecular weight is 488 g/mol. The highest BCUT2D eigenvalue weighted by Crippen LogP contribution is 2.45. The van der Waals surface area contributed by atoms with Crippen LogP contribution in [0.3, 0.4) is 0 Å². The lowest BCUT2D eigenvalue weighted by atomic mass is 9.95. The lowest BCUT2D eigenvalue weighted by molar-refractivity contribution is -0.132. The Morgan fingerprint density at radius 2 is 1.72 bits per heavy atom.